The lowest BCUT2D eigenvalue weighted by molar-refractivity contribution is -0.138. The highest BCUT2D eigenvalue weighted by atomic mass is 16.7. The Morgan fingerprint density at radius 1 is 1.12 bits per heavy atom. The first-order chi connectivity index (χ1) is 12.5. The van der Waals surface area contributed by atoms with E-state index in [4.69, 9.17) is 9.47 Å². The summed E-state index contributed by atoms with van der Waals surface area (Å²) < 4.78 is 11.2. The van der Waals surface area contributed by atoms with Gasteiger partial charge in [-0.1, -0.05) is 13.8 Å². The van der Waals surface area contributed by atoms with Crippen LogP contribution in [0.15, 0.2) is 11.1 Å². The standard InChI is InChI=1S/C22H31NO3/c1-21-11-9-19(24)15(12-23)17(21)5-4-14-16-6-7-20(26-13-25-3)22(16,2)10-8-18(14)21/h14,16,18,20H,4-11,13H2,1-3H3/t14?,16?,18?,20?,21-,22-/m1/s1. The molecule has 3 saturated carbocycles. The number of allylic oxidation sites excluding steroid dienone is 1. The Morgan fingerprint density at radius 3 is 2.65 bits per heavy atom. The summed E-state index contributed by atoms with van der Waals surface area (Å²) in [4.78, 5) is 12.3. The van der Waals surface area contributed by atoms with Crippen molar-refractivity contribution in [1.29, 1.82) is 5.26 Å². The second-order valence-corrected chi connectivity index (χ2v) is 9.41. The minimum atomic E-state index is 0.0503. The van der Waals surface area contributed by atoms with E-state index in [1.165, 1.54) is 24.8 Å². The number of nitrogens with zero attached hydrogens (tertiary/aromatic N) is 1. The van der Waals surface area contributed by atoms with E-state index >= 15 is 0 Å². The molecule has 0 bridgehead atoms. The normalized spacial score (nSPS) is 44.9. The van der Waals surface area contributed by atoms with Crippen LogP contribution in [0.1, 0.15) is 65.2 Å². The number of carbonyl (C=O) groups is 1. The van der Waals surface area contributed by atoms with E-state index in [0.29, 0.717) is 42.6 Å². The molecule has 0 radical (unpaired) electrons. The van der Waals surface area contributed by atoms with E-state index in [1.807, 2.05) is 0 Å². The maximum Gasteiger partial charge on any atom is 0.173 e. The number of ether oxygens (including phenoxy) is 2. The summed E-state index contributed by atoms with van der Waals surface area (Å²) in [6.45, 7) is 5.17. The van der Waals surface area contributed by atoms with E-state index in [9.17, 15) is 10.1 Å². The number of hydrogen-bond acceptors (Lipinski definition) is 4. The Labute approximate surface area is 156 Å². The van der Waals surface area contributed by atoms with Gasteiger partial charge in [-0.3, -0.25) is 4.79 Å². The smallest absolute Gasteiger partial charge is 0.173 e. The molecule has 142 valence electrons. The quantitative estimate of drug-likeness (QED) is 0.702. The van der Waals surface area contributed by atoms with E-state index < -0.39 is 0 Å². The van der Waals surface area contributed by atoms with Crippen LogP contribution in [0.3, 0.4) is 0 Å². The van der Waals surface area contributed by atoms with Crippen molar-refractivity contribution in [2.45, 2.75) is 71.3 Å². The van der Waals surface area contributed by atoms with Crippen LogP contribution in [0.5, 0.6) is 0 Å². The third-order valence-corrected chi connectivity index (χ3v) is 8.54. The Morgan fingerprint density at radius 2 is 1.92 bits per heavy atom. The molecule has 4 aliphatic carbocycles. The number of carbonyl (C=O) groups excluding carboxylic acids is 1. The summed E-state index contributed by atoms with van der Waals surface area (Å²) in [5.74, 6) is 2.09. The van der Waals surface area contributed by atoms with Gasteiger partial charge < -0.3 is 9.47 Å². The topological polar surface area (TPSA) is 59.3 Å². The molecule has 6 atom stereocenters. The average Bonchev–Trinajstić information content (AvgIpc) is 2.97. The Bertz CT molecular complexity index is 677. The van der Waals surface area contributed by atoms with Gasteiger partial charge in [0.15, 0.2) is 5.78 Å². The number of ketones is 1. The van der Waals surface area contributed by atoms with E-state index in [2.05, 4.69) is 19.9 Å². The molecule has 0 spiro atoms. The molecule has 0 N–H and O–H groups in total. The third-order valence-electron chi connectivity index (χ3n) is 8.54. The molecule has 0 aromatic heterocycles. The van der Waals surface area contributed by atoms with Crippen molar-refractivity contribution in [2.24, 2.45) is 28.6 Å². The lowest BCUT2D eigenvalue weighted by atomic mass is 9.47. The Hall–Kier alpha value is -1.18. The molecular weight excluding hydrogens is 326 g/mol. The zero-order chi connectivity index (χ0) is 18.5. The SMILES string of the molecule is COCOC1CCC2C3CCC4=C(C#N)C(=O)CC[C@@]4(C)C3CC[C@@]12C. The maximum atomic E-state index is 12.3. The number of hydrogen-bond donors (Lipinski definition) is 0. The van der Waals surface area contributed by atoms with E-state index in [-0.39, 0.29) is 16.6 Å². The second kappa shape index (κ2) is 6.46. The third kappa shape index (κ3) is 2.43. The zero-order valence-corrected chi connectivity index (χ0v) is 16.3. The van der Waals surface area contributed by atoms with Gasteiger partial charge in [-0.25, -0.2) is 0 Å². The Kier molecular flexibility index (Phi) is 4.52. The Balaban J connectivity index is 1.64. The number of methoxy groups -OCH3 is 1. The fourth-order valence-electron chi connectivity index (χ4n) is 7.22. The molecule has 4 nitrogen and oxygen atoms in total. The monoisotopic (exact) mass is 357 g/mol. The van der Waals surface area contributed by atoms with Gasteiger partial charge in [0.2, 0.25) is 0 Å². The van der Waals surface area contributed by atoms with E-state index in [1.54, 1.807) is 7.11 Å². The fourth-order valence-corrected chi connectivity index (χ4v) is 7.22. The van der Waals surface area contributed by atoms with Gasteiger partial charge in [0.1, 0.15) is 12.9 Å². The molecule has 0 amide bonds. The number of nitriles is 1. The van der Waals surface area contributed by atoms with Crippen LogP contribution in [-0.2, 0) is 14.3 Å². The summed E-state index contributed by atoms with van der Waals surface area (Å²) in [5.41, 5.74) is 1.98. The summed E-state index contributed by atoms with van der Waals surface area (Å²) in [6, 6.07) is 2.25. The summed E-state index contributed by atoms with van der Waals surface area (Å²) in [7, 11) is 1.69. The molecule has 4 rings (SSSR count). The number of rotatable bonds is 3. The van der Waals surface area contributed by atoms with Crippen LogP contribution in [0.2, 0.25) is 0 Å². The van der Waals surface area contributed by atoms with Gasteiger partial charge in [-0.05, 0) is 79.1 Å². The molecule has 3 fully saturated rings. The van der Waals surface area contributed by atoms with Crippen LogP contribution < -0.4 is 0 Å². The molecule has 0 aromatic carbocycles. The lowest BCUT2D eigenvalue weighted by Crippen LogP contribution is -2.52. The van der Waals surface area contributed by atoms with Crippen molar-refractivity contribution in [3.05, 3.63) is 11.1 Å². The average molecular weight is 357 g/mol. The van der Waals surface area contributed by atoms with Gasteiger partial charge in [-0.2, -0.15) is 5.26 Å². The van der Waals surface area contributed by atoms with Crippen molar-refractivity contribution in [3.8, 4) is 6.07 Å². The van der Waals surface area contributed by atoms with Crippen LogP contribution in [0, 0.1) is 39.9 Å². The molecule has 0 heterocycles. The van der Waals surface area contributed by atoms with Gasteiger partial charge in [0.25, 0.3) is 0 Å². The molecule has 0 aromatic rings. The summed E-state index contributed by atoms with van der Waals surface area (Å²) >= 11 is 0. The lowest BCUT2D eigenvalue weighted by Gasteiger charge is -2.58. The largest absolute Gasteiger partial charge is 0.359 e. The van der Waals surface area contributed by atoms with Gasteiger partial charge in [0.05, 0.1) is 11.7 Å². The van der Waals surface area contributed by atoms with Crippen LogP contribution in [0.25, 0.3) is 0 Å². The fraction of sp³-hybridized carbons (Fsp3) is 0.818. The molecule has 0 saturated heterocycles. The van der Waals surface area contributed by atoms with Gasteiger partial charge in [0, 0.05) is 13.5 Å². The van der Waals surface area contributed by atoms with Gasteiger partial charge >= 0.3 is 0 Å². The van der Waals surface area contributed by atoms with Crippen LogP contribution in [0.4, 0.5) is 0 Å². The molecule has 4 unspecified atom stereocenters. The maximum absolute atomic E-state index is 12.3. The first kappa shape index (κ1) is 18.2. The molecule has 4 aliphatic rings. The molecule has 26 heavy (non-hydrogen) atoms. The molecule has 0 aliphatic heterocycles. The highest BCUT2D eigenvalue weighted by Gasteiger charge is 2.60. The zero-order valence-electron chi connectivity index (χ0n) is 16.3. The first-order valence-electron chi connectivity index (χ1n) is 10.2. The predicted octanol–water partition coefficient (Wildman–Crippen LogP) is 4.40. The first-order valence-corrected chi connectivity index (χ1v) is 10.2. The van der Waals surface area contributed by atoms with Crippen LogP contribution in [-0.4, -0.2) is 25.8 Å². The van der Waals surface area contributed by atoms with E-state index in [0.717, 1.165) is 25.7 Å². The second-order valence-electron chi connectivity index (χ2n) is 9.41. The van der Waals surface area contributed by atoms with Crippen LogP contribution >= 0.6 is 0 Å². The number of Topliss-reactive ketones (excluding diaryl/α,β-unsaturated/α-hetero) is 1. The van der Waals surface area contributed by atoms with Crippen molar-refractivity contribution in [3.63, 3.8) is 0 Å². The molecular formula is C22H31NO3. The van der Waals surface area contributed by atoms with Crippen molar-refractivity contribution >= 4 is 5.78 Å². The summed E-state index contributed by atoms with van der Waals surface area (Å²) in [5, 5.41) is 9.56. The number of fused-ring (bicyclic) bond motifs is 5. The molecule has 4 heteroatoms. The highest BCUT2D eigenvalue weighted by Crippen LogP contribution is 2.66. The highest BCUT2D eigenvalue weighted by molar-refractivity contribution is 6.01. The minimum Gasteiger partial charge on any atom is -0.359 e. The van der Waals surface area contributed by atoms with Crippen molar-refractivity contribution in [1.82, 2.24) is 0 Å². The van der Waals surface area contributed by atoms with Crippen molar-refractivity contribution in [2.75, 3.05) is 13.9 Å². The summed E-state index contributed by atoms with van der Waals surface area (Å²) in [6.07, 6.45) is 8.60. The minimum absolute atomic E-state index is 0.0503. The van der Waals surface area contributed by atoms with Crippen molar-refractivity contribution < 1.29 is 14.3 Å². The van der Waals surface area contributed by atoms with Gasteiger partial charge in [-0.15, -0.1) is 0 Å². The predicted molar refractivity (Wildman–Crippen MR) is 98.0 cm³/mol.